The van der Waals surface area contributed by atoms with Gasteiger partial charge in [0, 0.05) is 18.7 Å². The van der Waals surface area contributed by atoms with Gasteiger partial charge < -0.3 is 20.1 Å². The third-order valence-corrected chi connectivity index (χ3v) is 2.75. The molecule has 2 N–H and O–H groups in total. The van der Waals surface area contributed by atoms with Crippen molar-refractivity contribution in [2.75, 3.05) is 26.7 Å². The Bertz CT molecular complexity index is 487. The molecule has 0 aromatic heterocycles. The number of carbonyl (C=O) groups is 2. The molecule has 1 aliphatic rings. The molecule has 1 fully saturated rings. The van der Waals surface area contributed by atoms with Crippen molar-refractivity contribution < 1.29 is 19.4 Å². The third-order valence-electron chi connectivity index (χ3n) is 2.75. The van der Waals surface area contributed by atoms with Crippen molar-refractivity contribution >= 4 is 11.8 Å². The molecule has 96 valence electrons. The second-order valence-corrected chi connectivity index (χ2v) is 3.96. The number of amides is 2. The molecule has 1 heterocycles. The molecule has 0 radical (unpaired) electrons. The zero-order valence-corrected chi connectivity index (χ0v) is 9.97. The summed E-state index contributed by atoms with van der Waals surface area (Å²) in [6.45, 7) is 0.968. The molecule has 6 nitrogen and oxygen atoms in total. The van der Waals surface area contributed by atoms with Crippen LogP contribution in [0.3, 0.4) is 0 Å². The van der Waals surface area contributed by atoms with E-state index in [9.17, 15) is 14.7 Å². The Hall–Kier alpha value is -2.24. The van der Waals surface area contributed by atoms with Gasteiger partial charge in [0.05, 0.1) is 13.7 Å². The summed E-state index contributed by atoms with van der Waals surface area (Å²) in [4.78, 5) is 24.7. The number of nitrogens with one attached hydrogen (secondary N) is 1. The Morgan fingerprint density at radius 2 is 2.28 bits per heavy atom. The molecule has 0 spiro atoms. The molecule has 1 aliphatic heterocycles. The molecule has 0 saturated carbocycles. The van der Waals surface area contributed by atoms with E-state index in [-0.39, 0.29) is 24.1 Å². The molecule has 0 atom stereocenters. The van der Waals surface area contributed by atoms with Gasteiger partial charge in [-0.05, 0) is 18.2 Å². The lowest BCUT2D eigenvalue weighted by atomic mass is 10.1. The molecule has 0 unspecified atom stereocenters. The molecule has 1 saturated heterocycles. The van der Waals surface area contributed by atoms with Gasteiger partial charge in [0.1, 0.15) is 0 Å². The number of hydrogen-bond donors (Lipinski definition) is 2. The van der Waals surface area contributed by atoms with Crippen LogP contribution < -0.4 is 10.1 Å². The smallest absolute Gasteiger partial charge is 0.254 e. The largest absolute Gasteiger partial charge is 0.504 e. The van der Waals surface area contributed by atoms with E-state index >= 15 is 0 Å². The van der Waals surface area contributed by atoms with Crippen molar-refractivity contribution in [3.63, 3.8) is 0 Å². The summed E-state index contributed by atoms with van der Waals surface area (Å²) in [6.07, 6.45) is 0. The second-order valence-electron chi connectivity index (χ2n) is 3.96. The van der Waals surface area contributed by atoms with Crippen LogP contribution in [0.1, 0.15) is 10.4 Å². The standard InChI is InChI=1S/C12H14N2O4/c1-18-10-3-2-8(6-9(10)15)12(17)14-5-4-13-11(16)7-14/h2-3,6,15H,4-5,7H2,1H3,(H,13,16). The average molecular weight is 250 g/mol. The maximum absolute atomic E-state index is 12.1. The number of phenolic OH excluding ortho intramolecular Hbond substituents is 1. The summed E-state index contributed by atoms with van der Waals surface area (Å²) in [5.41, 5.74) is 0.336. The van der Waals surface area contributed by atoms with Crippen LogP contribution in [0.25, 0.3) is 0 Å². The lowest BCUT2D eigenvalue weighted by Crippen LogP contribution is -2.49. The summed E-state index contributed by atoms with van der Waals surface area (Å²) in [5.74, 6) is -0.233. The zero-order chi connectivity index (χ0) is 13.1. The third kappa shape index (κ3) is 2.37. The number of ether oxygens (including phenoxy) is 1. The van der Waals surface area contributed by atoms with E-state index < -0.39 is 0 Å². The van der Waals surface area contributed by atoms with Gasteiger partial charge in [0.25, 0.3) is 5.91 Å². The maximum atomic E-state index is 12.1. The molecular formula is C12H14N2O4. The van der Waals surface area contributed by atoms with E-state index in [0.29, 0.717) is 24.4 Å². The van der Waals surface area contributed by atoms with E-state index in [1.165, 1.54) is 24.1 Å². The molecule has 2 amide bonds. The number of methoxy groups -OCH3 is 1. The van der Waals surface area contributed by atoms with E-state index in [4.69, 9.17) is 4.74 Å². The lowest BCUT2D eigenvalue weighted by molar-refractivity contribution is -0.123. The van der Waals surface area contributed by atoms with Gasteiger partial charge in [0.15, 0.2) is 11.5 Å². The first kappa shape index (κ1) is 12.2. The summed E-state index contributed by atoms with van der Waals surface area (Å²) < 4.78 is 4.90. The van der Waals surface area contributed by atoms with Gasteiger partial charge in [-0.25, -0.2) is 0 Å². The molecule has 0 aliphatic carbocycles. The first-order valence-electron chi connectivity index (χ1n) is 5.55. The molecule has 18 heavy (non-hydrogen) atoms. The highest BCUT2D eigenvalue weighted by Gasteiger charge is 2.22. The predicted molar refractivity (Wildman–Crippen MR) is 63.6 cm³/mol. The average Bonchev–Trinajstić information content (AvgIpc) is 2.37. The summed E-state index contributed by atoms with van der Waals surface area (Å²) in [5, 5.41) is 12.3. The lowest BCUT2D eigenvalue weighted by Gasteiger charge is -2.26. The van der Waals surface area contributed by atoms with Crippen LogP contribution in [-0.4, -0.2) is 48.6 Å². The monoisotopic (exact) mass is 250 g/mol. The van der Waals surface area contributed by atoms with E-state index in [0.717, 1.165) is 0 Å². The number of piperazine rings is 1. The number of aromatic hydroxyl groups is 1. The van der Waals surface area contributed by atoms with Crippen molar-refractivity contribution in [3.05, 3.63) is 23.8 Å². The SMILES string of the molecule is COc1ccc(C(=O)N2CCNC(=O)C2)cc1O. The van der Waals surface area contributed by atoms with Crippen molar-refractivity contribution in [2.24, 2.45) is 0 Å². The highest BCUT2D eigenvalue weighted by Crippen LogP contribution is 2.26. The van der Waals surface area contributed by atoms with Crippen LogP contribution in [0.4, 0.5) is 0 Å². The van der Waals surface area contributed by atoms with E-state index in [1.807, 2.05) is 0 Å². The van der Waals surface area contributed by atoms with Gasteiger partial charge in [0.2, 0.25) is 5.91 Å². The molecule has 1 aromatic rings. The van der Waals surface area contributed by atoms with Crippen LogP contribution in [-0.2, 0) is 4.79 Å². The Labute approximate surface area is 104 Å². The number of nitrogens with zero attached hydrogens (tertiary/aromatic N) is 1. The minimum absolute atomic E-state index is 0.0472. The van der Waals surface area contributed by atoms with E-state index in [1.54, 1.807) is 6.07 Å². The number of benzene rings is 1. The summed E-state index contributed by atoms with van der Waals surface area (Å²) in [6, 6.07) is 4.42. The Morgan fingerprint density at radius 3 is 2.89 bits per heavy atom. The highest BCUT2D eigenvalue weighted by molar-refractivity contribution is 5.97. The number of carbonyl (C=O) groups excluding carboxylic acids is 2. The molecule has 2 rings (SSSR count). The fraction of sp³-hybridized carbons (Fsp3) is 0.333. The van der Waals surface area contributed by atoms with Crippen LogP contribution in [0.2, 0.25) is 0 Å². The Balaban J connectivity index is 2.18. The minimum atomic E-state index is -0.275. The van der Waals surface area contributed by atoms with Crippen molar-refractivity contribution in [1.29, 1.82) is 0 Å². The number of rotatable bonds is 2. The van der Waals surface area contributed by atoms with Crippen LogP contribution in [0, 0.1) is 0 Å². The quantitative estimate of drug-likeness (QED) is 0.772. The van der Waals surface area contributed by atoms with Gasteiger partial charge in [-0.3, -0.25) is 9.59 Å². The molecule has 0 bridgehead atoms. The molecule has 6 heteroatoms. The van der Waals surface area contributed by atoms with Crippen LogP contribution in [0.15, 0.2) is 18.2 Å². The Kier molecular flexibility index (Phi) is 3.36. The van der Waals surface area contributed by atoms with E-state index in [2.05, 4.69) is 5.32 Å². The number of phenols is 1. The fourth-order valence-corrected chi connectivity index (χ4v) is 1.82. The van der Waals surface area contributed by atoms with Gasteiger partial charge in [-0.2, -0.15) is 0 Å². The molecule has 1 aromatic carbocycles. The predicted octanol–water partition coefficient (Wildman–Crippen LogP) is -0.0272. The number of hydrogen-bond acceptors (Lipinski definition) is 4. The van der Waals surface area contributed by atoms with Crippen LogP contribution in [0.5, 0.6) is 11.5 Å². The van der Waals surface area contributed by atoms with Crippen molar-refractivity contribution in [1.82, 2.24) is 10.2 Å². The molecular weight excluding hydrogens is 236 g/mol. The first-order chi connectivity index (χ1) is 8.61. The normalized spacial score (nSPS) is 15.2. The van der Waals surface area contributed by atoms with Gasteiger partial charge >= 0.3 is 0 Å². The zero-order valence-electron chi connectivity index (χ0n) is 9.97. The minimum Gasteiger partial charge on any atom is -0.504 e. The van der Waals surface area contributed by atoms with Gasteiger partial charge in [-0.15, -0.1) is 0 Å². The second kappa shape index (κ2) is 4.95. The summed E-state index contributed by atoms with van der Waals surface area (Å²) >= 11 is 0. The van der Waals surface area contributed by atoms with Crippen molar-refractivity contribution in [3.8, 4) is 11.5 Å². The highest BCUT2D eigenvalue weighted by atomic mass is 16.5. The first-order valence-corrected chi connectivity index (χ1v) is 5.55. The van der Waals surface area contributed by atoms with Crippen molar-refractivity contribution in [2.45, 2.75) is 0 Å². The fourth-order valence-electron chi connectivity index (χ4n) is 1.82. The Morgan fingerprint density at radius 1 is 1.50 bits per heavy atom. The maximum Gasteiger partial charge on any atom is 0.254 e. The summed E-state index contributed by atoms with van der Waals surface area (Å²) in [7, 11) is 1.44. The van der Waals surface area contributed by atoms with Crippen LogP contribution >= 0.6 is 0 Å². The van der Waals surface area contributed by atoms with Gasteiger partial charge in [-0.1, -0.05) is 0 Å². The topological polar surface area (TPSA) is 78.9 Å².